The second-order valence-electron chi connectivity index (χ2n) is 3.89. The van der Waals surface area contributed by atoms with Gasteiger partial charge in [-0.1, -0.05) is 27.2 Å². The van der Waals surface area contributed by atoms with Crippen molar-refractivity contribution in [2.24, 2.45) is 11.8 Å². The van der Waals surface area contributed by atoms with E-state index in [0.717, 1.165) is 18.4 Å². The maximum atomic E-state index is 5.67. The van der Waals surface area contributed by atoms with E-state index in [1.54, 1.807) is 0 Å². The van der Waals surface area contributed by atoms with Crippen molar-refractivity contribution in [2.75, 3.05) is 6.61 Å². The minimum Gasteiger partial charge on any atom is -0.378 e. The molecular formula is C10H20O. The van der Waals surface area contributed by atoms with Crippen molar-refractivity contribution in [3.63, 3.8) is 0 Å². The van der Waals surface area contributed by atoms with Crippen LogP contribution in [0.2, 0.25) is 0 Å². The molecule has 0 saturated carbocycles. The van der Waals surface area contributed by atoms with Crippen LogP contribution in [0.25, 0.3) is 0 Å². The van der Waals surface area contributed by atoms with Crippen LogP contribution >= 0.6 is 0 Å². The number of rotatable bonds is 3. The fraction of sp³-hybridized carbons (Fsp3) is 1.00. The Bertz CT molecular complexity index is 109. The SMILES string of the molecule is CCCC1OCCC1C(C)C. The standard InChI is InChI=1S/C10H20O/c1-4-5-10-9(8(2)3)6-7-11-10/h8-10H,4-7H2,1-3H3. The summed E-state index contributed by atoms with van der Waals surface area (Å²) in [6.07, 6.45) is 4.36. The zero-order valence-corrected chi connectivity index (χ0v) is 7.97. The first-order chi connectivity index (χ1) is 5.25. The summed E-state index contributed by atoms with van der Waals surface area (Å²) in [6, 6.07) is 0. The van der Waals surface area contributed by atoms with Crippen molar-refractivity contribution < 1.29 is 4.74 Å². The Kier molecular flexibility index (Phi) is 3.38. The molecule has 0 N–H and O–H groups in total. The topological polar surface area (TPSA) is 9.23 Å². The molecule has 0 radical (unpaired) electrons. The molecule has 0 aromatic rings. The summed E-state index contributed by atoms with van der Waals surface area (Å²) in [5.41, 5.74) is 0. The van der Waals surface area contributed by atoms with Crippen molar-refractivity contribution in [1.29, 1.82) is 0 Å². The molecule has 11 heavy (non-hydrogen) atoms. The lowest BCUT2D eigenvalue weighted by Crippen LogP contribution is -2.20. The molecule has 1 nitrogen and oxygen atoms in total. The van der Waals surface area contributed by atoms with Gasteiger partial charge in [0.25, 0.3) is 0 Å². The lowest BCUT2D eigenvalue weighted by molar-refractivity contribution is 0.0719. The highest BCUT2D eigenvalue weighted by molar-refractivity contribution is 4.77. The fourth-order valence-electron chi connectivity index (χ4n) is 2.01. The monoisotopic (exact) mass is 156 g/mol. The minimum atomic E-state index is 0.569. The largest absolute Gasteiger partial charge is 0.378 e. The van der Waals surface area contributed by atoms with Crippen molar-refractivity contribution >= 4 is 0 Å². The molecule has 1 rings (SSSR count). The van der Waals surface area contributed by atoms with Crippen molar-refractivity contribution in [2.45, 2.75) is 46.1 Å². The normalized spacial score (nSPS) is 31.6. The van der Waals surface area contributed by atoms with Gasteiger partial charge in [-0.2, -0.15) is 0 Å². The van der Waals surface area contributed by atoms with E-state index in [9.17, 15) is 0 Å². The van der Waals surface area contributed by atoms with Gasteiger partial charge in [0.2, 0.25) is 0 Å². The highest BCUT2D eigenvalue weighted by Gasteiger charge is 2.29. The molecule has 66 valence electrons. The third kappa shape index (κ3) is 2.19. The van der Waals surface area contributed by atoms with Gasteiger partial charge in [0.15, 0.2) is 0 Å². The van der Waals surface area contributed by atoms with Crippen molar-refractivity contribution in [1.82, 2.24) is 0 Å². The Labute approximate surface area is 70.1 Å². The Morgan fingerprint density at radius 3 is 2.73 bits per heavy atom. The van der Waals surface area contributed by atoms with E-state index in [1.807, 2.05) is 0 Å². The summed E-state index contributed by atoms with van der Waals surface area (Å²) in [5.74, 6) is 1.63. The maximum absolute atomic E-state index is 5.67. The molecule has 0 amide bonds. The van der Waals surface area contributed by atoms with E-state index in [4.69, 9.17) is 4.74 Å². The highest BCUT2D eigenvalue weighted by Crippen LogP contribution is 2.30. The molecule has 2 unspecified atom stereocenters. The van der Waals surface area contributed by atoms with Crippen molar-refractivity contribution in [3.8, 4) is 0 Å². The lowest BCUT2D eigenvalue weighted by Gasteiger charge is -2.20. The summed E-state index contributed by atoms with van der Waals surface area (Å²) in [6.45, 7) is 7.84. The average Bonchev–Trinajstić information content (AvgIpc) is 2.36. The van der Waals surface area contributed by atoms with Crippen LogP contribution in [0, 0.1) is 11.8 Å². The zero-order valence-electron chi connectivity index (χ0n) is 7.97. The van der Waals surface area contributed by atoms with E-state index in [-0.39, 0.29) is 0 Å². The maximum Gasteiger partial charge on any atom is 0.0606 e. The molecule has 1 heteroatoms. The Morgan fingerprint density at radius 1 is 1.45 bits per heavy atom. The average molecular weight is 156 g/mol. The third-order valence-corrected chi connectivity index (χ3v) is 2.69. The van der Waals surface area contributed by atoms with Crippen LogP contribution in [0.15, 0.2) is 0 Å². The van der Waals surface area contributed by atoms with Crippen LogP contribution in [0.3, 0.4) is 0 Å². The second-order valence-corrected chi connectivity index (χ2v) is 3.89. The van der Waals surface area contributed by atoms with Crippen LogP contribution in [0.4, 0.5) is 0 Å². The molecule has 1 aliphatic heterocycles. The third-order valence-electron chi connectivity index (χ3n) is 2.69. The van der Waals surface area contributed by atoms with E-state index in [2.05, 4.69) is 20.8 Å². The molecule has 1 aliphatic rings. The summed E-state index contributed by atoms with van der Waals surface area (Å²) < 4.78 is 5.67. The van der Waals surface area contributed by atoms with E-state index < -0.39 is 0 Å². The number of hydrogen-bond acceptors (Lipinski definition) is 1. The highest BCUT2D eigenvalue weighted by atomic mass is 16.5. The van der Waals surface area contributed by atoms with Crippen LogP contribution < -0.4 is 0 Å². The van der Waals surface area contributed by atoms with E-state index >= 15 is 0 Å². The molecule has 0 aliphatic carbocycles. The van der Waals surface area contributed by atoms with Gasteiger partial charge >= 0.3 is 0 Å². The molecular weight excluding hydrogens is 136 g/mol. The van der Waals surface area contributed by atoms with Gasteiger partial charge in [-0.15, -0.1) is 0 Å². The summed E-state index contributed by atoms with van der Waals surface area (Å²) in [4.78, 5) is 0. The van der Waals surface area contributed by atoms with Crippen LogP contribution in [0.1, 0.15) is 40.0 Å². The van der Waals surface area contributed by atoms with Crippen LogP contribution in [-0.4, -0.2) is 12.7 Å². The summed E-state index contributed by atoms with van der Waals surface area (Å²) in [7, 11) is 0. The first-order valence-electron chi connectivity index (χ1n) is 4.87. The van der Waals surface area contributed by atoms with E-state index in [0.29, 0.717) is 6.10 Å². The van der Waals surface area contributed by atoms with E-state index in [1.165, 1.54) is 19.3 Å². The fourth-order valence-corrected chi connectivity index (χ4v) is 2.01. The Morgan fingerprint density at radius 2 is 2.18 bits per heavy atom. The second kappa shape index (κ2) is 4.10. The lowest BCUT2D eigenvalue weighted by atomic mass is 9.88. The number of hydrogen-bond donors (Lipinski definition) is 0. The van der Waals surface area contributed by atoms with Gasteiger partial charge in [0.1, 0.15) is 0 Å². The molecule has 0 aromatic heterocycles. The van der Waals surface area contributed by atoms with Gasteiger partial charge in [-0.05, 0) is 24.7 Å². The molecule has 0 aromatic carbocycles. The predicted molar refractivity (Wildman–Crippen MR) is 47.6 cm³/mol. The van der Waals surface area contributed by atoms with Gasteiger partial charge in [0, 0.05) is 6.61 Å². The van der Waals surface area contributed by atoms with Gasteiger partial charge in [-0.25, -0.2) is 0 Å². The van der Waals surface area contributed by atoms with Gasteiger partial charge in [-0.3, -0.25) is 0 Å². The van der Waals surface area contributed by atoms with Crippen molar-refractivity contribution in [3.05, 3.63) is 0 Å². The number of ether oxygens (including phenoxy) is 1. The molecule has 2 atom stereocenters. The quantitative estimate of drug-likeness (QED) is 0.610. The first kappa shape index (κ1) is 9.05. The van der Waals surface area contributed by atoms with Gasteiger partial charge < -0.3 is 4.74 Å². The van der Waals surface area contributed by atoms with Crippen LogP contribution in [0.5, 0.6) is 0 Å². The Balaban J connectivity index is 2.37. The minimum absolute atomic E-state index is 0.569. The molecule has 0 bridgehead atoms. The molecule has 1 saturated heterocycles. The molecule has 1 heterocycles. The van der Waals surface area contributed by atoms with Gasteiger partial charge in [0.05, 0.1) is 6.10 Å². The zero-order chi connectivity index (χ0) is 8.27. The molecule has 0 spiro atoms. The van der Waals surface area contributed by atoms with Crippen LogP contribution in [-0.2, 0) is 4.74 Å². The Hall–Kier alpha value is -0.0400. The molecule has 1 fully saturated rings. The first-order valence-corrected chi connectivity index (χ1v) is 4.87. The smallest absolute Gasteiger partial charge is 0.0606 e. The predicted octanol–water partition coefficient (Wildman–Crippen LogP) is 2.85. The summed E-state index contributed by atoms with van der Waals surface area (Å²) >= 11 is 0. The summed E-state index contributed by atoms with van der Waals surface area (Å²) in [5, 5.41) is 0.